The molecule has 0 bridgehead atoms. The van der Waals surface area contributed by atoms with Gasteiger partial charge >= 0.3 is 6.18 Å². The van der Waals surface area contributed by atoms with Crippen molar-refractivity contribution in [2.75, 3.05) is 0 Å². The smallest absolute Gasteiger partial charge is 0.309 e. The molecule has 4 rings (SSSR count). The van der Waals surface area contributed by atoms with Crippen molar-refractivity contribution >= 4 is 22.8 Å². The number of nitrogens with zero attached hydrogens (tertiary/aromatic N) is 4. The van der Waals surface area contributed by atoms with Gasteiger partial charge in [0, 0.05) is 18.0 Å². The van der Waals surface area contributed by atoms with Gasteiger partial charge in [0.15, 0.2) is 5.65 Å². The Bertz CT molecular complexity index is 1020. The van der Waals surface area contributed by atoms with E-state index in [2.05, 4.69) is 21.5 Å². The van der Waals surface area contributed by atoms with Crippen LogP contribution in [0.3, 0.4) is 0 Å². The van der Waals surface area contributed by atoms with Crippen molar-refractivity contribution in [2.45, 2.75) is 51.7 Å². The molecule has 1 aliphatic rings. The second-order valence-electron chi connectivity index (χ2n) is 7.15. The van der Waals surface area contributed by atoms with Gasteiger partial charge in [-0.15, -0.1) is 0 Å². The number of fused-ring (bicyclic) bond motifs is 1. The van der Waals surface area contributed by atoms with Gasteiger partial charge in [0.2, 0.25) is 0 Å². The molecule has 148 valence electrons. The Morgan fingerprint density at radius 3 is 2.54 bits per heavy atom. The van der Waals surface area contributed by atoms with Crippen LogP contribution in [0.1, 0.15) is 50.5 Å². The van der Waals surface area contributed by atoms with E-state index in [9.17, 15) is 13.2 Å². The van der Waals surface area contributed by atoms with Crippen LogP contribution in [0, 0.1) is 5.92 Å². The molecule has 1 aliphatic carbocycles. The first-order valence-corrected chi connectivity index (χ1v) is 9.81. The summed E-state index contributed by atoms with van der Waals surface area (Å²) in [6.45, 7) is 4.19. The van der Waals surface area contributed by atoms with E-state index < -0.39 is 11.7 Å². The van der Waals surface area contributed by atoms with Crippen molar-refractivity contribution in [3.8, 4) is 11.3 Å². The molecule has 2 aromatic heterocycles. The normalized spacial score (nSPS) is 15.9. The van der Waals surface area contributed by atoms with Gasteiger partial charge in [-0.05, 0) is 37.3 Å². The summed E-state index contributed by atoms with van der Waals surface area (Å²) in [5, 5.41) is -0.00309. The molecular formula is C20H20ClF3N4. The summed E-state index contributed by atoms with van der Waals surface area (Å²) in [6.07, 6.45) is 1.10. The van der Waals surface area contributed by atoms with Crippen LogP contribution in [0.15, 0.2) is 24.5 Å². The van der Waals surface area contributed by atoms with Crippen LogP contribution in [0.25, 0.3) is 22.4 Å². The van der Waals surface area contributed by atoms with Crippen LogP contribution in [-0.4, -0.2) is 19.5 Å². The predicted octanol–water partition coefficient (Wildman–Crippen LogP) is 6.09. The number of hydrogen-bond donors (Lipinski definition) is 0. The third-order valence-corrected chi connectivity index (χ3v) is 5.65. The summed E-state index contributed by atoms with van der Waals surface area (Å²) in [4.78, 5) is 13.5. The lowest BCUT2D eigenvalue weighted by atomic mass is 10.1. The summed E-state index contributed by atoms with van der Waals surface area (Å²) in [6, 6.07) is 3.63. The highest BCUT2D eigenvalue weighted by atomic mass is 35.5. The maximum absolute atomic E-state index is 13.0. The van der Waals surface area contributed by atoms with Gasteiger partial charge in [0.1, 0.15) is 23.4 Å². The number of hydrogen-bond acceptors (Lipinski definition) is 3. The van der Waals surface area contributed by atoms with Crippen LogP contribution in [-0.2, 0) is 12.6 Å². The van der Waals surface area contributed by atoms with Gasteiger partial charge in [-0.3, -0.25) is 0 Å². The number of imidazole rings is 1. The topological polar surface area (TPSA) is 43.6 Å². The first kappa shape index (κ1) is 19.2. The summed E-state index contributed by atoms with van der Waals surface area (Å²) < 4.78 is 41.1. The minimum Gasteiger partial charge on any atom is -0.309 e. The molecule has 1 unspecified atom stereocenters. The largest absolute Gasteiger partial charge is 0.416 e. The van der Waals surface area contributed by atoms with Gasteiger partial charge in [0.05, 0.1) is 10.6 Å². The van der Waals surface area contributed by atoms with E-state index in [1.54, 1.807) is 0 Å². The van der Waals surface area contributed by atoms with Crippen LogP contribution in [0.5, 0.6) is 0 Å². The molecule has 1 fully saturated rings. The highest BCUT2D eigenvalue weighted by molar-refractivity contribution is 6.33. The molecule has 3 aromatic rings. The summed E-state index contributed by atoms with van der Waals surface area (Å²) in [5.74, 6) is 1.54. The van der Waals surface area contributed by atoms with E-state index in [0.29, 0.717) is 28.7 Å². The second kappa shape index (κ2) is 7.03. The fourth-order valence-corrected chi connectivity index (χ4v) is 4.11. The van der Waals surface area contributed by atoms with Gasteiger partial charge in [-0.2, -0.15) is 13.2 Å². The molecule has 8 heteroatoms. The molecule has 4 nitrogen and oxygen atoms in total. The number of alkyl halides is 3. The standard InChI is InChI=1S/C20H20ClF3N4/c1-3-15(11-5-6-11)28-16(4-2)27-18-17(25-10-26-19(18)28)13-8-7-12(9-14(13)21)20(22,23)24/h7-11,15H,3-6H2,1-2H3. The molecule has 1 atom stereocenters. The maximum atomic E-state index is 13.0. The summed E-state index contributed by atoms with van der Waals surface area (Å²) in [7, 11) is 0. The minimum absolute atomic E-state index is 0.00309. The molecule has 0 N–H and O–H groups in total. The summed E-state index contributed by atoms with van der Waals surface area (Å²) >= 11 is 6.21. The Labute approximate surface area is 165 Å². The van der Waals surface area contributed by atoms with Gasteiger partial charge in [-0.1, -0.05) is 31.5 Å². The van der Waals surface area contributed by atoms with Crippen molar-refractivity contribution in [2.24, 2.45) is 5.92 Å². The zero-order chi connectivity index (χ0) is 20.1. The Balaban J connectivity index is 1.89. The second-order valence-corrected chi connectivity index (χ2v) is 7.56. The predicted molar refractivity (Wildman–Crippen MR) is 102 cm³/mol. The molecule has 2 heterocycles. The molecular weight excluding hydrogens is 389 g/mol. The number of aromatic nitrogens is 4. The fourth-order valence-electron chi connectivity index (χ4n) is 3.84. The van der Waals surface area contributed by atoms with E-state index in [1.807, 2.05) is 6.92 Å². The lowest BCUT2D eigenvalue weighted by Crippen LogP contribution is -2.14. The van der Waals surface area contributed by atoms with Crippen LogP contribution in [0.4, 0.5) is 13.2 Å². The zero-order valence-electron chi connectivity index (χ0n) is 15.6. The third kappa shape index (κ3) is 3.26. The van der Waals surface area contributed by atoms with Crippen molar-refractivity contribution < 1.29 is 13.2 Å². The lowest BCUT2D eigenvalue weighted by Gasteiger charge is -2.19. The molecule has 0 aliphatic heterocycles. The van der Waals surface area contributed by atoms with Crippen molar-refractivity contribution in [3.05, 3.63) is 40.9 Å². The van der Waals surface area contributed by atoms with Crippen LogP contribution < -0.4 is 0 Å². The molecule has 1 aromatic carbocycles. The van der Waals surface area contributed by atoms with E-state index in [1.165, 1.54) is 25.2 Å². The van der Waals surface area contributed by atoms with Crippen molar-refractivity contribution in [3.63, 3.8) is 0 Å². The summed E-state index contributed by atoms with van der Waals surface area (Å²) in [5.41, 5.74) is 1.40. The fraction of sp³-hybridized carbons (Fsp3) is 0.450. The lowest BCUT2D eigenvalue weighted by molar-refractivity contribution is -0.137. The number of rotatable bonds is 5. The Hall–Kier alpha value is -2.15. The first-order valence-electron chi connectivity index (χ1n) is 9.44. The molecule has 0 saturated heterocycles. The van der Waals surface area contributed by atoms with Crippen LogP contribution >= 0.6 is 11.6 Å². The van der Waals surface area contributed by atoms with E-state index >= 15 is 0 Å². The average Bonchev–Trinajstić information content (AvgIpc) is 3.42. The molecule has 0 spiro atoms. The third-order valence-electron chi connectivity index (χ3n) is 5.33. The number of aryl methyl sites for hydroxylation is 1. The molecule has 28 heavy (non-hydrogen) atoms. The van der Waals surface area contributed by atoms with Gasteiger partial charge < -0.3 is 4.57 Å². The van der Waals surface area contributed by atoms with E-state index in [-0.39, 0.29) is 5.02 Å². The van der Waals surface area contributed by atoms with E-state index in [0.717, 1.165) is 36.4 Å². The highest BCUT2D eigenvalue weighted by Crippen LogP contribution is 2.44. The van der Waals surface area contributed by atoms with Gasteiger partial charge in [-0.25, -0.2) is 15.0 Å². The molecule has 0 radical (unpaired) electrons. The Morgan fingerprint density at radius 1 is 1.21 bits per heavy atom. The number of halogens is 4. The van der Waals surface area contributed by atoms with Gasteiger partial charge in [0.25, 0.3) is 0 Å². The number of benzene rings is 1. The zero-order valence-corrected chi connectivity index (χ0v) is 16.3. The van der Waals surface area contributed by atoms with Crippen molar-refractivity contribution in [1.82, 2.24) is 19.5 Å². The van der Waals surface area contributed by atoms with Crippen LogP contribution in [0.2, 0.25) is 5.02 Å². The Morgan fingerprint density at radius 2 is 1.96 bits per heavy atom. The first-order chi connectivity index (χ1) is 13.3. The average molecular weight is 409 g/mol. The molecule has 0 amide bonds. The minimum atomic E-state index is -4.45. The SMILES string of the molecule is CCc1nc2c(-c3ccc(C(F)(F)F)cc3Cl)ncnc2n1C(CC)C1CC1. The maximum Gasteiger partial charge on any atom is 0.416 e. The Kier molecular flexibility index (Phi) is 4.81. The van der Waals surface area contributed by atoms with Crippen molar-refractivity contribution in [1.29, 1.82) is 0 Å². The highest BCUT2D eigenvalue weighted by Gasteiger charge is 2.34. The van der Waals surface area contributed by atoms with E-state index in [4.69, 9.17) is 16.6 Å². The molecule has 1 saturated carbocycles. The quantitative estimate of drug-likeness (QED) is 0.513. The monoisotopic (exact) mass is 408 g/mol.